The van der Waals surface area contributed by atoms with Gasteiger partial charge in [0.2, 0.25) is 0 Å². The van der Waals surface area contributed by atoms with Crippen molar-refractivity contribution in [3.05, 3.63) is 41.5 Å². The molecule has 0 N–H and O–H groups in total. The van der Waals surface area contributed by atoms with Crippen LogP contribution in [-0.2, 0) is 23.9 Å². The van der Waals surface area contributed by atoms with E-state index in [9.17, 15) is 14.4 Å². The largest absolute Gasteiger partial charge is 0.493 e. The molecule has 1 aliphatic carbocycles. The first-order valence-electron chi connectivity index (χ1n) is 10.2. The molecule has 2 rings (SSSR count). The van der Waals surface area contributed by atoms with E-state index in [1.807, 2.05) is 6.07 Å². The third-order valence-electron chi connectivity index (χ3n) is 4.69. The van der Waals surface area contributed by atoms with Gasteiger partial charge in [0.1, 0.15) is 0 Å². The van der Waals surface area contributed by atoms with Crippen molar-refractivity contribution in [3.63, 3.8) is 0 Å². The normalized spacial score (nSPS) is 15.7. The number of methoxy groups -OCH3 is 2. The standard InChI is InChI=1S/C24H30O7/c1-15(2)30-22(26)24(23(27)31-16(3)4)13-18(11-19(25)14-24)8-7-17-9-10-20(28-5)21(12-17)29-6/h7-12,15-16H,13-14H2,1-6H3/b8-7+. The number of benzene rings is 1. The van der Waals surface area contributed by atoms with Gasteiger partial charge in [0.05, 0.1) is 26.4 Å². The molecule has 0 saturated heterocycles. The predicted octanol–water partition coefficient (Wildman–Crippen LogP) is 3.90. The fraction of sp³-hybridized carbons (Fsp3) is 0.458. The molecule has 0 fully saturated rings. The van der Waals surface area contributed by atoms with Crippen molar-refractivity contribution in [2.24, 2.45) is 5.41 Å². The lowest BCUT2D eigenvalue weighted by molar-refractivity contribution is -0.178. The highest BCUT2D eigenvalue weighted by atomic mass is 16.6. The molecule has 0 heterocycles. The molecule has 0 saturated carbocycles. The summed E-state index contributed by atoms with van der Waals surface area (Å²) >= 11 is 0. The summed E-state index contributed by atoms with van der Waals surface area (Å²) in [6, 6.07) is 5.38. The number of allylic oxidation sites excluding steroid dienone is 3. The van der Waals surface area contributed by atoms with Crippen molar-refractivity contribution < 1.29 is 33.3 Å². The summed E-state index contributed by atoms with van der Waals surface area (Å²) in [7, 11) is 3.10. The van der Waals surface area contributed by atoms with Crippen LogP contribution < -0.4 is 9.47 Å². The van der Waals surface area contributed by atoms with E-state index in [1.165, 1.54) is 6.08 Å². The van der Waals surface area contributed by atoms with E-state index in [-0.39, 0.29) is 18.6 Å². The topological polar surface area (TPSA) is 88.1 Å². The minimum Gasteiger partial charge on any atom is -0.493 e. The molecule has 0 aromatic heterocycles. The van der Waals surface area contributed by atoms with E-state index in [0.717, 1.165) is 5.56 Å². The Hall–Kier alpha value is -3.09. The maximum atomic E-state index is 12.9. The van der Waals surface area contributed by atoms with E-state index in [0.29, 0.717) is 17.1 Å². The van der Waals surface area contributed by atoms with E-state index >= 15 is 0 Å². The van der Waals surface area contributed by atoms with Crippen LogP contribution in [0.25, 0.3) is 6.08 Å². The number of carbonyl (C=O) groups is 3. The molecule has 0 radical (unpaired) electrons. The molecule has 31 heavy (non-hydrogen) atoms. The molecule has 0 aliphatic heterocycles. The maximum absolute atomic E-state index is 12.9. The number of hydrogen-bond donors (Lipinski definition) is 0. The van der Waals surface area contributed by atoms with Gasteiger partial charge in [0.25, 0.3) is 0 Å². The fourth-order valence-electron chi connectivity index (χ4n) is 3.31. The summed E-state index contributed by atoms with van der Waals surface area (Å²) in [5.41, 5.74) is -0.360. The first-order chi connectivity index (χ1) is 14.6. The third-order valence-corrected chi connectivity index (χ3v) is 4.69. The van der Waals surface area contributed by atoms with Crippen molar-refractivity contribution in [2.45, 2.75) is 52.7 Å². The lowest BCUT2D eigenvalue weighted by Crippen LogP contribution is -2.46. The summed E-state index contributed by atoms with van der Waals surface area (Å²) in [5, 5.41) is 0. The summed E-state index contributed by atoms with van der Waals surface area (Å²) in [4.78, 5) is 38.3. The Morgan fingerprint density at radius 1 is 0.903 bits per heavy atom. The van der Waals surface area contributed by atoms with Crippen LogP contribution in [0.3, 0.4) is 0 Å². The van der Waals surface area contributed by atoms with Crippen molar-refractivity contribution in [1.82, 2.24) is 0 Å². The fourth-order valence-corrected chi connectivity index (χ4v) is 3.31. The number of carbonyl (C=O) groups excluding carboxylic acids is 3. The van der Waals surface area contributed by atoms with E-state index in [1.54, 1.807) is 66.2 Å². The van der Waals surface area contributed by atoms with Crippen LogP contribution in [0.5, 0.6) is 11.5 Å². The van der Waals surface area contributed by atoms with Crippen LogP contribution in [0.15, 0.2) is 35.9 Å². The van der Waals surface area contributed by atoms with Crippen LogP contribution in [0.1, 0.15) is 46.1 Å². The Morgan fingerprint density at radius 2 is 1.48 bits per heavy atom. The molecular formula is C24H30O7. The number of ether oxygens (including phenoxy) is 4. The van der Waals surface area contributed by atoms with Crippen LogP contribution in [0.4, 0.5) is 0 Å². The summed E-state index contributed by atoms with van der Waals surface area (Å²) in [6.07, 6.45) is 3.81. The van der Waals surface area contributed by atoms with Crippen molar-refractivity contribution in [3.8, 4) is 11.5 Å². The Bertz CT molecular complexity index is 871. The van der Waals surface area contributed by atoms with Crippen LogP contribution >= 0.6 is 0 Å². The van der Waals surface area contributed by atoms with Crippen LogP contribution in [-0.4, -0.2) is 44.1 Å². The second kappa shape index (κ2) is 10.3. The Labute approximate surface area is 183 Å². The van der Waals surface area contributed by atoms with Gasteiger partial charge in [-0.15, -0.1) is 0 Å². The highest BCUT2D eigenvalue weighted by Crippen LogP contribution is 2.39. The van der Waals surface area contributed by atoms with E-state index < -0.39 is 29.6 Å². The number of ketones is 1. The molecule has 0 unspecified atom stereocenters. The average molecular weight is 430 g/mol. The smallest absolute Gasteiger partial charge is 0.324 e. The molecule has 0 bridgehead atoms. The van der Waals surface area contributed by atoms with Crippen molar-refractivity contribution in [2.75, 3.05) is 14.2 Å². The number of esters is 2. The maximum Gasteiger partial charge on any atom is 0.324 e. The highest BCUT2D eigenvalue weighted by molar-refractivity contribution is 6.08. The summed E-state index contributed by atoms with van der Waals surface area (Å²) in [5.74, 6) is -0.662. The molecule has 1 aromatic carbocycles. The lowest BCUT2D eigenvalue weighted by atomic mass is 9.73. The first kappa shape index (κ1) is 24.2. The molecule has 7 heteroatoms. The van der Waals surface area contributed by atoms with Gasteiger partial charge < -0.3 is 18.9 Å². The Balaban J connectivity index is 2.37. The molecule has 0 spiro atoms. The van der Waals surface area contributed by atoms with E-state index in [2.05, 4.69) is 0 Å². The van der Waals surface area contributed by atoms with Gasteiger partial charge >= 0.3 is 11.9 Å². The van der Waals surface area contributed by atoms with Gasteiger partial charge in [-0.25, -0.2) is 0 Å². The van der Waals surface area contributed by atoms with Gasteiger partial charge in [-0.05, 0) is 63.5 Å². The number of hydrogen-bond acceptors (Lipinski definition) is 7. The second-order valence-electron chi connectivity index (χ2n) is 7.98. The third kappa shape index (κ3) is 5.96. The van der Waals surface area contributed by atoms with Crippen LogP contribution in [0.2, 0.25) is 0 Å². The van der Waals surface area contributed by atoms with Gasteiger partial charge in [-0.1, -0.05) is 18.2 Å². The van der Waals surface area contributed by atoms with Gasteiger partial charge in [0.15, 0.2) is 22.7 Å². The van der Waals surface area contributed by atoms with Crippen LogP contribution in [0, 0.1) is 5.41 Å². The van der Waals surface area contributed by atoms with E-state index in [4.69, 9.17) is 18.9 Å². The Kier molecular flexibility index (Phi) is 8.02. The molecule has 168 valence electrons. The molecule has 0 amide bonds. The first-order valence-corrected chi connectivity index (χ1v) is 10.2. The molecular weight excluding hydrogens is 400 g/mol. The zero-order valence-electron chi connectivity index (χ0n) is 18.9. The lowest BCUT2D eigenvalue weighted by Gasteiger charge is -2.32. The highest BCUT2D eigenvalue weighted by Gasteiger charge is 2.52. The Morgan fingerprint density at radius 3 is 2.00 bits per heavy atom. The second-order valence-corrected chi connectivity index (χ2v) is 7.98. The number of rotatable bonds is 8. The summed E-state index contributed by atoms with van der Waals surface area (Å²) in [6.45, 7) is 6.77. The molecule has 1 aliphatic rings. The van der Waals surface area contributed by atoms with Crippen molar-refractivity contribution >= 4 is 23.8 Å². The van der Waals surface area contributed by atoms with Crippen molar-refractivity contribution in [1.29, 1.82) is 0 Å². The summed E-state index contributed by atoms with van der Waals surface area (Å²) < 4.78 is 21.2. The molecule has 1 aromatic rings. The zero-order chi connectivity index (χ0) is 23.2. The van der Waals surface area contributed by atoms with Gasteiger partial charge in [-0.2, -0.15) is 0 Å². The zero-order valence-corrected chi connectivity index (χ0v) is 18.9. The average Bonchev–Trinajstić information content (AvgIpc) is 2.70. The predicted molar refractivity (Wildman–Crippen MR) is 116 cm³/mol. The van der Waals surface area contributed by atoms with Gasteiger partial charge in [-0.3, -0.25) is 14.4 Å². The van der Waals surface area contributed by atoms with Gasteiger partial charge in [0, 0.05) is 6.42 Å². The SMILES string of the molecule is COc1ccc(/C=C/C2=CC(=O)CC(C(=O)OC(C)C)(C(=O)OC(C)C)C2)cc1OC. The quantitative estimate of drug-likeness (QED) is 0.457. The monoisotopic (exact) mass is 430 g/mol. The minimum atomic E-state index is -1.70. The molecule has 7 nitrogen and oxygen atoms in total. The molecule has 0 atom stereocenters. The minimum absolute atomic E-state index is 0.0135.